The van der Waals surface area contributed by atoms with Crippen LogP contribution in [0.25, 0.3) is 0 Å². The molecule has 11 nitrogen and oxygen atoms in total. The van der Waals surface area contributed by atoms with E-state index in [2.05, 4.69) is 35.4 Å². The number of rotatable bonds is 44. The van der Waals surface area contributed by atoms with Gasteiger partial charge >= 0.3 is 17.9 Å². The lowest BCUT2D eigenvalue weighted by Gasteiger charge is -2.18. The standard InChI is InChI=1S/C27H47N3O4.C26H50O4/c1-2-3-4-5-6-7-8-9-13-22-33-26(31)14-11-10-12-18-29-19-15-25(23-29)34-27(32)16-20-30-21-17-28-24-30;1-3-5-7-9-12-16-20-25(21-17-13-10-8-6-4-2)30-26(28)22-18-14-11-15-19-23-29-24-27/h17,21,24-25H,2-16,18-20,22-23H2,1H3;24-25H,3-23H2,1-2H3. The average molecular weight is 904 g/mol. The molecule has 1 atom stereocenters. The van der Waals surface area contributed by atoms with Gasteiger partial charge in [-0.1, -0.05) is 162 Å². The van der Waals surface area contributed by atoms with Crippen molar-refractivity contribution in [2.24, 2.45) is 0 Å². The Bertz CT molecular complexity index is 1180. The number of hydrogen-bond donors (Lipinski definition) is 0. The monoisotopic (exact) mass is 904 g/mol. The molecule has 1 aliphatic heterocycles. The summed E-state index contributed by atoms with van der Waals surface area (Å²) < 4.78 is 23.4. The predicted molar refractivity (Wildman–Crippen MR) is 260 cm³/mol. The van der Waals surface area contributed by atoms with Crippen LogP contribution < -0.4 is 0 Å². The van der Waals surface area contributed by atoms with Crippen molar-refractivity contribution in [1.29, 1.82) is 0 Å². The largest absolute Gasteiger partial charge is 0.468 e. The summed E-state index contributed by atoms with van der Waals surface area (Å²) in [6.07, 6.45) is 44.6. The number of ether oxygens (including phenoxy) is 4. The van der Waals surface area contributed by atoms with Crippen molar-refractivity contribution >= 4 is 24.4 Å². The highest BCUT2D eigenvalue weighted by Crippen LogP contribution is 2.19. The summed E-state index contributed by atoms with van der Waals surface area (Å²) in [7, 11) is 0. The smallest absolute Gasteiger partial charge is 0.307 e. The van der Waals surface area contributed by atoms with Crippen molar-refractivity contribution in [3.05, 3.63) is 18.7 Å². The quantitative estimate of drug-likeness (QED) is 0.0270. The van der Waals surface area contributed by atoms with Gasteiger partial charge in [0, 0.05) is 44.9 Å². The topological polar surface area (TPSA) is 126 Å². The van der Waals surface area contributed by atoms with E-state index in [1.54, 1.807) is 12.5 Å². The van der Waals surface area contributed by atoms with Crippen LogP contribution in [0.3, 0.4) is 0 Å². The molecule has 1 aliphatic rings. The van der Waals surface area contributed by atoms with Gasteiger partial charge in [0.25, 0.3) is 6.47 Å². The third-order valence-corrected chi connectivity index (χ3v) is 12.3. The summed E-state index contributed by atoms with van der Waals surface area (Å²) in [5.41, 5.74) is 0. The normalized spacial score (nSPS) is 13.7. The summed E-state index contributed by atoms with van der Waals surface area (Å²) in [6, 6.07) is 0. The lowest BCUT2D eigenvalue weighted by molar-refractivity contribution is -0.150. The van der Waals surface area contributed by atoms with Crippen molar-refractivity contribution in [2.75, 3.05) is 32.8 Å². The predicted octanol–water partition coefficient (Wildman–Crippen LogP) is 13.4. The van der Waals surface area contributed by atoms with E-state index in [1.807, 2.05) is 10.8 Å². The van der Waals surface area contributed by atoms with Crippen LogP contribution in [-0.4, -0.2) is 83.9 Å². The fraction of sp³-hybridized carbons (Fsp3) is 0.868. The molecule has 0 aliphatic carbocycles. The Kier molecular flexibility index (Phi) is 41.7. The second kappa shape index (κ2) is 45.2. The lowest BCUT2D eigenvalue weighted by Crippen LogP contribution is -2.26. The minimum atomic E-state index is -0.138. The molecule has 0 radical (unpaired) electrons. The Morgan fingerprint density at radius 1 is 0.594 bits per heavy atom. The Labute approximate surface area is 391 Å². The molecule has 64 heavy (non-hydrogen) atoms. The highest BCUT2D eigenvalue weighted by Gasteiger charge is 2.25. The highest BCUT2D eigenvalue weighted by atomic mass is 16.5. The van der Waals surface area contributed by atoms with Crippen LogP contribution in [0.4, 0.5) is 0 Å². The number of nitrogens with zero attached hydrogens (tertiary/aromatic N) is 3. The molecule has 2 heterocycles. The fourth-order valence-corrected chi connectivity index (χ4v) is 8.28. The molecule has 1 saturated heterocycles. The van der Waals surface area contributed by atoms with Gasteiger partial charge < -0.3 is 23.5 Å². The average Bonchev–Trinajstić information content (AvgIpc) is 3.99. The number of imidazole rings is 1. The zero-order chi connectivity index (χ0) is 46.4. The molecule has 1 fully saturated rings. The number of likely N-dealkylation sites (tertiary alicyclic amines) is 1. The second-order valence-electron chi connectivity index (χ2n) is 18.3. The van der Waals surface area contributed by atoms with Gasteiger partial charge in [0.05, 0.1) is 26.0 Å². The number of esters is 3. The van der Waals surface area contributed by atoms with Gasteiger partial charge in [-0.15, -0.1) is 0 Å². The van der Waals surface area contributed by atoms with Gasteiger partial charge in [0.15, 0.2) is 0 Å². The maximum atomic E-state index is 12.3. The van der Waals surface area contributed by atoms with Gasteiger partial charge in [0.2, 0.25) is 0 Å². The molecule has 0 bridgehead atoms. The third kappa shape index (κ3) is 38.3. The van der Waals surface area contributed by atoms with Crippen molar-refractivity contribution in [3.63, 3.8) is 0 Å². The van der Waals surface area contributed by atoms with Gasteiger partial charge in [-0.05, 0) is 70.8 Å². The first-order chi connectivity index (χ1) is 31.4. The van der Waals surface area contributed by atoms with E-state index in [-0.39, 0.29) is 30.1 Å². The molecule has 0 amide bonds. The van der Waals surface area contributed by atoms with Crippen LogP contribution in [-0.2, 0) is 44.7 Å². The van der Waals surface area contributed by atoms with E-state index in [0.717, 1.165) is 103 Å². The summed E-state index contributed by atoms with van der Waals surface area (Å²) in [5, 5.41) is 0. The first-order valence-corrected chi connectivity index (χ1v) is 26.7. The summed E-state index contributed by atoms with van der Waals surface area (Å²) in [6.45, 7) is 11.7. The SMILES string of the molecule is CCCCCCCCC(CCCCCCCC)OC(=O)CCCCCCCOC=O.CCCCCCCCCCCOC(=O)CCCCCN1CCC(OC(=O)CCn2ccnc2)C1. The van der Waals surface area contributed by atoms with Crippen LogP contribution in [0.15, 0.2) is 18.7 Å². The first kappa shape index (κ1) is 59.1. The summed E-state index contributed by atoms with van der Waals surface area (Å²) >= 11 is 0. The van der Waals surface area contributed by atoms with Gasteiger partial charge in [0.1, 0.15) is 12.2 Å². The van der Waals surface area contributed by atoms with Crippen molar-refractivity contribution < 1.29 is 38.1 Å². The fourth-order valence-electron chi connectivity index (χ4n) is 8.28. The Balaban J connectivity index is 0.000000646. The van der Waals surface area contributed by atoms with E-state index in [9.17, 15) is 19.2 Å². The molecule has 1 aromatic rings. The van der Waals surface area contributed by atoms with Gasteiger partial charge in [-0.3, -0.25) is 24.1 Å². The summed E-state index contributed by atoms with van der Waals surface area (Å²) in [5.74, 6) is -0.203. The Morgan fingerprint density at radius 2 is 1.11 bits per heavy atom. The molecular weight excluding hydrogens is 807 g/mol. The van der Waals surface area contributed by atoms with E-state index in [4.69, 9.17) is 14.2 Å². The Hall–Kier alpha value is -2.95. The number of carbonyl (C=O) groups is 4. The Morgan fingerprint density at radius 3 is 1.67 bits per heavy atom. The zero-order valence-electron chi connectivity index (χ0n) is 41.6. The molecule has 0 aromatic carbocycles. The molecular formula is C53H97N3O8. The lowest BCUT2D eigenvalue weighted by atomic mass is 10.0. The number of aryl methyl sites for hydroxylation is 1. The molecule has 0 saturated carbocycles. The number of unbranched alkanes of at least 4 members (excludes halogenated alkanes) is 24. The molecule has 1 unspecified atom stereocenters. The number of hydrogen-bond acceptors (Lipinski definition) is 10. The zero-order valence-corrected chi connectivity index (χ0v) is 41.6. The molecule has 2 rings (SSSR count). The van der Waals surface area contributed by atoms with E-state index < -0.39 is 0 Å². The number of aromatic nitrogens is 2. The van der Waals surface area contributed by atoms with Crippen LogP contribution >= 0.6 is 0 Å². The molecule has 11 heteroatoms. The van der Waals surface area contributed by atoms with Gasteiger partial charge in [-0.25, -0.2) is 4.98 Å². The van der Waals surface area contributed by atoms with Crippen LogP contribution in [0.1, 0.15) is 245 Å². The second-order valence-corrected chi connectivity index (χ2v) is 18.3. The maximum Gasteiger partial charge on any atom is 0.307 e. The summed E-state index contributed by atoms with van der Waals surface area (Å²) in [4.78, 5) is 52.6. The molecule has 372 valence electrons. The van der Waals surface area contributed by atoms with Crippen LogP contribution in [0.2, 0.25) is 0 Å². The molecule has 1 aromatic heterocycles. The van der Waals surface area contributed by atoms with Crippen molar-refractivity contribution in [2.45, 2.75) is 264 Å². The molecule has 0 N–H and O–H groups in total. The van der Waals surface area contributed by atoms with Crippen molar-refractivity contribution in [1.82, 2.24) is 14.5 Å². The number of carbonyl (C=O) groups excluding carboxylic acids is 4. The van der Waals surface area contributed by atoms with E-state index in [0.29, 0.717) is 45.5 Å². The maximum absolute atomic E-state index is 12.3. The first-order valence-electron chi connectivity index (χ1n) is 26.7. The minimum Gasteiger partial charge on any atom is -0.468 e. The van der Waals surface area contributed by atoms with Gasteiger partial charge in [-0.2, -0.15) is 0 Å². The van der Waals surface area contributed by atoms with E-state index >= 15 is 0 Å². The van der Waals surface area contributed by atoms with Crippen molar-refractivity contribution in [3.8, 4) is 0 Å². The third-order valence-electron chi connectivity index (χ3n) is 12.3. The van der Waals surface area contributed by atoms with E-state index in [1.165, 1.54) is 122 Å². The minimum absolute atomic E-state index is 0.00585. The highest BCUT2D eigenvalue weighted by molar-refractivity contribution is 5.70. The van der Waals surface area contributed by atoms with Crippen LogP contribution in [0.5, 0.6) is 0 Å². The van der Waals surface area contributed by atoms with Crippen LogP contribution in [0, 0.1) is 0 Å². The molecule has 0 spiro atoms.